The number of nitrogens with one attached hydrogen (secondary N) is 1. The minimum Gasteiger partial charge on any atom is -0.496 e. The van der Waals surface area contributed by atoms with E-state index < -0.39 is 11.0 Å². The van der Waals surface area contributed by atoms with Gasteiger partial charge in [0.2, 0.25) is 0 Å². The molecule has 1 aromatic heterocycles. The summed E-state index contributed by atoms with van der Waals surface area (Å²) in [4.78, 5) is 36.3. The maximum absolute atomic E-state index is 15.1. The van der Waals surface area contributed by atoms with E-state index in [4.69, 9.17) is 21.3 Å². The van der Waals surface area contributed by atoms with Gasteiger partial charge in [0, 0.05) is 39.7 Å². The molecule has 0 bridgehead atoms. The third-order valence-electron chi connectivity index (χ3n) is 8.94. The predicted molar refractivity (Wildman–Crippen MR) is 147 cm³/mol. The van der Waals surface area contributed by atoms with Gasteiger partial charge in [-0.1, -0.05) is 48.0 Å². The fourth-order valence-corrected chi connectivity index (χ4v) is 7.62. The van der Waals surface area contributed by atoms with Crippen LogP contribution in [0.3, 0.4) is 0 Å². The molecule has 3 aromatic carbocycles. The van der Waals surface area contributed by atoms with E-state index >= 15 is 4.79 Å². The summed E-state index contributed by atoms with van der Waals surface area (Å²) in [5, 5.41) is 4.53. The van der Waals surface area contributed by atoms with Crippen molar-refractivity contribution in [3.8, 4) is 5.75 Å². The van der Waals surface area contributed by atoms with Crippen molar-refractivity contribution >= 4 is 39.9 Å². The number of halogens is 1. The zero-order valence-electron chi connectivity index (χ0n) is 21.1. The summed E-state index contributed by atoms with van der Waals surface area (Å²) in [5.74, 6) is 0.161. The van der Waals surface area contributed by atoms with Gasteiger partial charge in [-0.25, -0.2) is 0 Å². The number of pyridine rings is 1. The number of likely N-dealkylation sites (N-methyl/N-ethyl adjacent to an activating group) is 1. The summed E-state index contributed by atoms with van der Waals surface area (Å²) in [6.45, 7) is 0.502. The SMILES string of the molecule is COc1ccccc1[C@H]1CN(C)[C@@]2(C(=O)Nc3ccc(Cl)cc32)[C@@]12CCc1nc3ccccc3cc1C2=O. The Balaban J connectivity index is 1.55. The molecule has 2 aliphatic heterocycles. The monoisotopic (exact) mass is 523 g/mol. The molecule has 1 saturated heterocycles. The molecule has 38 heavy (non-hydrogen) atoms. The maximum Gasteiger partial charge on any atom is 0.250 e. The van der Waals surface area contributed by atoms with Gasteiger partial charge in [-0.2, -0.15) is 0 Å². The Hall–Kier alpha value is -3.74. The highest BCUT2D eigenvalue weighted by atomic mass is 35.5. The Morgan fingerprint density at radius 1 is 1.05 bits per heavy atom. The lowest BCUT2D eigenvalue weighted by Crippen LogP contribution is -2.60. The Labute approximate surface area is 225 Å². The maximum atomic E-state index is 15.1. The average Bonchev–Trinajstić information content (AvgIpc) is 3.37. The number of rotatable bonds is 2. The molecule has 0 unspecified atom stereocenters. The number of carbonyl (C=O) groups is 2. The van der Waals surface area contributed by atoms with E-state index in [1.54, 1.807) is 13.2 Å². The van der Waals surface area contributed by atoms with E-state index in [1.807, 2.05) is 73.8 Å². The molecule has 3 aliphatic rings. The van der Waals surface area contributed by atoms with Crippen molar-refractivity contribution in [2.24, 2.45) is 5.41 Å². The zero-order chi connectivity index (χ0) is 26.2. The van der Waals surface area contributed by atoms with Crippen LogP contribution in [0.2, 0.25) is 5.02 Å². The van der Waals surface area contributed by atoms with Gasteiger partial charge in [0.25, 0.3) is 5.91 Å². The van der Waals surface area contributed by atoms with Crippen LogP contribution >= 0.6 is 11.6 Å². The lowest BCUT2D eigenvalue weighted by atomic mass is 9.53. The number of amides is 1. The van der Waals surface area contributed by atoms with Crippen LogP contribution in [-0.4, -0.2) is 42.3 Å². The number of hydrogen-bond acceptors (Lipinski definition) is 5. The number of Topliss-reactive ketones (excluding diaryl/α,β-unsaturated/α-hetero) is 1. The van der Waals surface area contributed by atoms with Gasteiger partial charge in [-0.3, -0.25) is 19.5 Å². The van der Waals surface area contributed by atoms with Gasteiger partial charge < -0.3 is 10.1 Å². The molecule has 7 rings (SSSR count). The number of aromatic nitrogens is 1. The Bertz CT molecular complexity index is 1670. The van der Waals surface area contributed by atoms with Gasteiger partial charge in [-0.05, 0) is 61.9 Å². The second kappa shape index (κ2) is 8.13. The number of ether oxygens (including phenoxy) is 1. The van der Waals surface area contributed by atoms with E-state index in [2.05, 4.69) is 10.2 Å². The van der Waals surface area contributed by atoms with Crippen molar-refractivity contribution in [1.82, 2.24) is 9.88 Å². The Morgan fingerprint density at radius 2 is 1.84 bits per heavy atom. The summed E-state index contributed by atoms with van der Waals surface area (Å²) in [6, 6.07) is 23.1. The Morgan fingerprint density at radius 3 is 2.68 bits per heavy atom. The molecule has 3 heterocycles. The van der Waals surface area contributed by atoms with Crippen LogP contribution in [-0.2, 0) is 16.8 Å². The molecule has 4 aromatic rings. The number of benzene rings is 3. The van der Waals surface area contributed by atoms with E-state index in [9.17, 15) is 4.79 Å². The van der Waals surface area contributed by atoms with E-state index in [0.29, 0.717) is 41.4 Å². The molecule has 0 radical (unpaired) electrons. The van der Waals surface area contributed by atoms with Gasteiger partial charge in [-0.15, -0.1) is 0 Å². The molecule has 1 fully saturated rings. The molecule has 0 saturated carbocycles. The summed E-state index contributed by atoms with van der Waals surface area (Å²) in [7, 11) is 3.58. The number of methoxy groups -OCH3 is 1. The van der Waals surface area contributed by atoms with Crippen molar-refractivity contribution < 1.29 is 14.3 Å². The van der Waals surface area contributed by atoms with E-state index in [-0.39, 0.29) is 17.6 Å². The Kier molecular flexibility index (Phi) is 5.00. The molecule has 6 nitrogen and oxygen atoms in total. The highest BCUT2D eigenvalue weighted by Crippen LogP contribution is 2.66. The fourth-order valence-electron chi connectivity index (χ4n) is 7.45. The van der Waals surface area contributed by atoms with Crippen LogP contribution in [0.15, 0.2) is 72.8 Å². The molecule has 3 atom stereocenters. The summed E-state index contributed by atoms with van der Waals surface area (Å²) < 4.78 is 5.79. The van der Waals surface area contributed by atoms with Gasteiger partial charge in [0.05, 0.1) is 23.7 Å². The molecular formula is C31H26ClN3O3. The van der Waals surface area contributed by atoms with Gasteiger partial charge in [0.1, 0.15) is 11.3 Å². The molecule has 2 spiro atoms. The molecule has 1 amide bonds. The largest absolute Gasteiger partial charge is 0.496 e. The second-order valence-electron chi connectivity index (χ2n) is 10.5. The number of ketones is 1. The number of aryl methyl sites for hydroxylation is 1. The van der Waals surface area contributed by atoms with Crippen molar-refractivity contribution in [2.75, 3.05) is 26.0 Å². The number of para-hydroxylation sites is 2. The smallest absolute Gasteiger partial charge is 0.250 e. The van der Waals surface area contributed by atoms with Crippen LogP contribution in [0.1, 0.15) is 39.5 Å². The first-order valence-corrected chi connectivity index (χ1v) is 13.2. The predicted octanol–water partition coefficient (Wildman–Crippen LogP) is 5.59. The molecule has 7 heteroatoms. The van der Waals surface area contributed by atoms with Crippen LogP contribution in [0.25, 0.3) is 10.9 Å². The van der Waals surface area contributed by atoms with Crippen LogP contribution in [0, 0.1) is 5.41 Å². The highest BCUT2D eigenvalue weighted by molar-refractivity contribution is 6.31. The van der Waals surface area contributed by atoms with Crippen LogP contribution in [0.5, 0.6) is 5.75 Å². The number of nitrogens with zero attached hydrogens (tertiary/aromatic N) is 2. The third kappa shape index (κ3) is 2.79. The first-order chi connectivity index (χ1) is 18.4. The first-order valence-electron chi connectivity index (χ1n) is 12.8. The first kappa shape index (κ1) is 23.4. The quantitative estimate of drug-likeness (QED) is 0.371. The second-order valence-corrected chi connectivity index (χ2v) is 10.9. The number of fused-ring (bicyclic) bond motifs is 5. The van der Waals surface area contributed by atoms with Crippen LogP contribution < -0.4 is 10.1 Å². The van der Waals surface area contributed by atoms with Gasteiger partial charge in [0.15, 0.2) is 5.78 Å². The summed E-state index contributed by atoms with van der Waals surface area (Å²) in [5.41, 5.74) is 2.27. The minimum atomic E-state index is -1.24. The molecule has 1 N–H and O–H groups in total. The standard InChI is InChI=1S/C31H26ClN3O3/c1-35-17-23(20-8-4-6-10-27(20)38-2)30(31(35)22-16-19(32)11-12-26(22)34-29(31)37)14-13-25-21(28(30)36)15-18-7-3-5-9-24(18)33-25/h3-12,15-16,23H,13-14,17H2,1-2H3,(H,34,37)/t23-,30+,31+/m1/s1. The van der Waals surface area contributed by atoms with Crippen molar-refractivity contribution in [2.45, 2.75) is 24.3 Å². The minimum absolute atomic E-state index is 0.0553. The molecule has 1 aliphatic carbocycles. The summed E-state index contributed by atoms with van der Waals surface area (Å²) >= 11 is 6.52. The zero-order valence-corrected chi connectivity index (χ0v) is 21.9. The molecule has 190 valence electrons. The van der Waals surface area contributed by atoms with E-state index in [0.717, 1.165) is 27.7 Å². The number of carbonyl (C=O) groups excluding carboxylic acids is 2. The fraction of sp³-hybridized carbons (Fsp3) is 0.258. The number of likely N-dealkylation sites (tertiary alicyclic amines) is 1. The lowest BCUT2D eigenvalue weighted by Gasteiger charge is -2.48. The third-order valence-corrected chi connectivity index (χ3v) is 9.18. The average molecular weight is 524 g/mol. The van der Waals surface area contributed by atoms with Crippen molar-refractivity contribution in [1.29, 1.82) is 0 Å². The van der Waals surface area contributed by atoms with Crippen molar-refractivity contribution in [3.05, 3.63) is 100 Å². The number of anilines is 1. The number of hydrogen-bond donors (Lipinski definition) is 1. The highest BCUT2D eigenvalue weighted by Gasteiger charge is 2.74. The van der Waals surface area contributed by atoms with E-state index in [1.165, 1.54) is 0 Å². The lowest BCUT2D eigenvalue weighted by molar-refractivity contribution is -0.130. The van der Waals surface area contributed by atoms with Crippen molar-refractivity contribution in [3.63, 3.8) is 0 Å². The molecular weight excluding hydrogens is 498 g/mol. The normalized spacial score (nSPS) is 26.1. The van der Waals surface area contributed by atoms with Crippen LogP contribution in [0.4, 0.5) is 5.69 Å². The van der Waals surface area contributed by atoms with Gasteiger partial charge >= 0.3 is 0 Å². The topological polar surface area (TPSA) is 71.5 Å². The summed E-state index contributed by atoms with van der Waals surface area (Å²) in [6.07, 6.45) is 1.05.